The van der Waals surface area contributed by atoms with Gasteiger partial charge < -0.3 is 15.0 Å². The molecule has 152 valence electrons. The number of aliphatic imine (C=N–C) groups is 1. The Morgan fingerprint density at radius 2 is 1.77 bits per heavy atom. The van der Waals surface area contributed by atoms with Crippen LogP contribution in [0, 0.1) is 0 Å². The van der Waals surface area contributed by atoms with Crippen molar-refractivity contribution in [3.63, 3.8) is 0 Å². The van der Waals surface area contributed by atoms with Crippen molar-refractivity contribution in [3.8, 4) is 0 Å². The van der Waals surface area contributed by atoms with E-state index in [4.69, 9.17) is 4.98 Å². The lowest BCUT2D eigenvalue weighted by atomic mass is 10.0. The number of nitrogens with one attached hydrogen (secondary N) is 2. The Hall–Kier alpha value is -4.26. The van der Waals surface area contributed by atoms with Crippen molar-refractivity contribution in [1.82, 2.24) is 9.97 Å². The molecule has 7 heteroatoms. The lowest BCUT2D eigenvalue weighted by Crippen LogP contribution is -2.12. The van der Waals surface area contributed by atoms with Gasteiger partial charge in [0, 0.05) is 17.5 Å². The van der Waals surface area contributed by atoms with Gasteiger partial charge in [-0.15, -0.1) is 0 Å². The summed E-state index contributed by atoms with van der Waals surface area (Å²) in [5.74, 6) is 0.0416. The Bertz CT molecular complexity index is 1340. The van der Waals surface area contributed by atoms with E-state index in [1.807, 2.05) is 42.6 Å². The molecule has 2 heterocycles. The maximum atomic E-state index is 12.6. The monoisotopic (exact) mass is 410 g/mol. The number of H-pyrrole nitrogens is 1. The summed E-state index contributed by atoms with van der Waals surface area (Å²) in [6.07, 6.45) is 1.87. The molecule has 0 radical (unpaired) electrons. The molecule has 0 spiro atoms. The van der Waals surface area contributed by atoms with Crippen LogP contribution in [0.1, 0.15) is 43.7 Å². The summed E-state index contributed by atoms with van der Waals surface area (Å²) in [6.45, 7) is 0. The van der Waals surface area contributed by atoms with Crippen LogP contribution < -0.4 is 5.32 Å². The third kappa shape index (κ3) is 3.46. The summed E-state index contributed by atoms with van der Waals surface area (Å²) in [4.78, 5) is 36.7. The number of anilines is 1. The van der Waals surface area contributed by atoms with E-state index in [1.54, 1.807) is 24.3 Å². The summed E-state index contributed by atoms with van der Waals surface area (Å²) < 4.78 is 4.67. The number of carbonyl (C=O) groups is 2. The Morgan fingerprint density at radius 3 is 2.58 bits per heavy atom. The molecular weight excluding hydrogens is 392 g/mol. The number of benzene rings is 3. The molecule has 31 heavy (non-hydrogen) atoms. The minimum Gasteiger partial charge on any atom is -0.465 e. The van der Waals surface area contributed by atoms with Crippen LogP contribution in [-0.4, -0.2) is 35.2 Å². The number of esters is 1. The summed E-state index contributed by atoms with van der Waals surface area (Å²) in [5.41, 5.74) is 5.28. The number of hydrogen-bond donors (Lipinski definition) is 2. The number of hydrogen-bond acceptors (Lipinski definition) is 5. The zero-order valence-corrected chi connectivity index (χ0v) is 16.6. The first-order valence-electron chi connectivity index (χ1n) is 9.74. The van der Waals surface area contributed by atoms with Gasteiger partial charge >= 0.3 is 5.97 Å². The summed E-state index contributed by atoms with van der Waals surface area (Å²) in [5, 5.41) is 2.87. The molecule has 0 aliphatic carbocycles. The molecule has 0 bridgehead atoms. The molecule has 1 aromatic heterocycles. The fourth-order valence-electron chi connectivity index (χ4n) is 3.64. The molecule has 1 amide bonds. The van der Waals surface area contributed by atoms with Gasteiger partial charge in [-0.25, -0.2) is 9.78 Å². The molecule has 1 aliphatic rings. The Balaban J connectivity index is 1.36. The van der Waals surface area contributed by atoms with Crippen LogP contribution in [0.3, 0.4) is 0 Å². The summed E-state index contributed by atoms with van der Waals surface area (Å²) in [6, 6.07) is 19.7. The van der Waals surface area contributed by atoms with Gasteiger partial charge in [0.15, 0.2) is 0 Å². The summed E-state index contributed by atoms with van der Waals surface area (Å²) >= 11 is 0. The standard InChI is InChI=1S/C24H18N4O3/c1-31-24(30)15-8-6-14(7-9-15)23(29)26-17-10-11-19-20(12-17)28-22(27-19)21-18-5-3-2-4-16(18)13-25-21/h2-13,21H,1H3,(H,26,29)(H,27,28). The lowest BCUT2D eigenvalue weighted by Gasteiger charge is -2.06. The fraction of sp³-hybridized carbons (Fsp3) is 0.0833. The molecule has 0 saturated heterocycles. The van der Waals surface area contributed by atoms with Crippen LogP contribution >= 0.6 is 0 Å². The van der Waals surface area contributed by atoms with Crippen molar-refractivity contribution < 1.29 is 14.3 Å². The van der Waals surface area contributed by atoms with E-state index in [1.165, 1.54) is 7.11 Å². The van der Waals surface area contributed by atoms with Gasteiger partial charge in [0.1, 0.15) is 11.9 Å². The predicted octanol–water partition coefficient (Wildman–Crippen LogP) is 4.12. The number of rotatable bonds is 4. The van der Waals surface area contributed by atoms with Gasteiger partial charge in [-0.05, 0) is 53.6 Å². The van der Waals surface area contributed by atoms with E-state index in [0.717, 1.165) is 28.0 Å². The third-order valence-corrected chi connectivity index (χ3v) is 5.24. The fourth-order valence-corrected chi connectivity index (χ4v) is 3.64. The highest BCUT2D eigenvalue weighted by Gasteiger charge is 2.23. The molecule has 0 saturated carbocycles. The molecule has 4 aromatic rings. The van der Waals surface area contributed by atoms with Gasteiger partial charge in [0.25, 0.3) is 5.91 Å². The molecule has 3 aromatic carbocycles. The zero-order valence-electron chi connectivity index (χ0n) is 16.6. The van der Waals surface area contributed by atoms with Crippen LogP contribution in [0.15, 0.2) is 71.7 Å². The lowest BCUT2D eigenvalue weighted by molar-refractivity contribution is 0.0600. The van der Waals surface area contributed by atoms with Gasteiger partial charge in [0.2, 0.25) is 0 Å². The predicted molar refractivity (Wildman–Crippen MR) is 118 cm³/mol. The molecule has 1 unspecified atom stereocenters. The molecule has 7 nitrogen and oxygen atoms in total. The van der Waals surface area contributed by atoms with Gasteiger partial charge in [0.05, 0.1) is 23.7 Å². The number of ether oxygens (including phenoxy) is 1. The highest BCUT2D eigenvalue weighted by atomic mass is 16.5. The highest BCUT2D eigenvalue weighted by molar-refractivity contribution is 6.05. The van der Waals surface area contributed by atoms with Crippen molar-refractivity contribution in [2.75, 3.05) is 12.4 Å². The van der Waals surface area contributed by atoms with E-state index >= 15 is 0 Å². The number of fused-ring (bicyclic) bond motifs is 2. The van der Waals surface area contributed by atoms with Crippen molar-refractivity contribution in [2.24, 2.45) is 4.99 Å². The van der Waals surface area contributed by atoms with Crippen LogP contribution in [0.4, 0.5) is 5.69 Å². The average Bonchev–Trinajstić information content (AvgIpc) is 3.42. The second kappa shape index (κ2) is 7.53. The number of amides is 1. The van der Waals surface area contributed by atoms with Gasteiger partial charge in [-0.2, -0.15) is 0 Å². The second-order valence-electron chi connectivity index (χ2n) is 7.19. The smallest absolute Gasteiger partial charge is 0.337 e. The number of imidazole rings is 1. The first-order valence-corrected chi connectivity index (χ1v) is 9.74. The zero-order chi connectivity index (χ0) is 21.4. The maximum Gasteiger partial charge on any atom is 0.337 e. The SMILES string of the molecule is COC(=O)c1ccc(C(=O)Nc2ccc3[nH]c(C4N=Cc5ccccc54)nc3c2)cc1. The minimum absolute atomic E-state index is 0.157. The molecular formula is C24H18N4O3. The Morgan fingerprint density at radius 1 is 1.00 bits per heavy atom. The van der Waals surface area contributed by atoms with Crippen molar-refractivity contribution >= 4 is 34.8 Å². The molecule has 0 fully saturated rings. The Labute approximate surface area is 177 Å². The van der Waals surface area contributed by atoms with Crippen molar-refractivity contribution in [1.29, 1.82) is 0 Å². The van der Waals surface area contributed by atoms with E-state index in [-0.39, 0.29) is 11.9 Å². The quantitative estimate of drug-likeness (QED) is 0.495. The third-order valence-electron chi connectivity index (χ3n) is 5.24. The van der Waals surface area contributed by atoms with Gasteiger partial charge in [-0.1, -0.05) is 24.3 Å². The largest absolute Gasteiger partial charge is 0.465 e. The second-order valence-corrected chi connectivity index (χ2v) is 7.19. The first kappa shape index (κ1) is 18.7. The number of aromatic nitrogens is 2. The highest BCUT2D eigenvalue weighted by Crippen LogP contribution is 2.32. The van der Waals surface area contributed by atoms with Crippen LogP contribution in [0.25, 0.3) is 11.0 Å². The normalized spacial score (nSPS) is 14.4. The number of carbonyl (C=O) groups excluding carboxylic acids is 2. The molecule has 5 rings (SSSR count). The van der Waals surface area contributed by atoms with Crippen LogP contribution in [0.2, 0.25) is 0 Å². The number of nitrogens with zero attached hydrogens (tertiary/aromatic N) is 2. The van der Waals surface area contributed by atoms with Crippen molar-refractivity contribution in [2.45, 2.75) is 6.04 Å². The molecule has 1 atom stereocenters. The topological polar surface area (TPSA) is 96.4 Å². The number of methoxy groups -OCH3 is 1. The first-order chi connectivity index (χ1) is 15.1. The van der Waals surface area contributed by atoms with E-state index in [9.17, 15) is 9.59 Å². The van der Waals surface area contributed by atoms with E-state index in [0.29, 0.717) is 16.8 Å². The molecule has 1 aliphatic heterocycles. The molecule has 2 N–H and O–H groups in total. The summed E-state index contributed by atoms with van der Waals surface area (Å²) in [7, 11) is 1.32. The maximum absolute atomic E-state index is 12.6. The van der Waals surface area contributed by atoms with Crippen LogP contribution in [-0.2, 0) is 4.74 Å². The minimum atomic E-state index is -0.444. The van der Waals surface area contributed by atoms with Crippen molar-refractivity contribution in [3.05, 3.63) is 94.8 Å². The average molecular weight is 410 g/mol. The van der Waals surface area contributed by atoms with Gasteiger partial charge in [-0.3, -0.25) is 9.79 Å². The van der Waals surface area contributed by atoms with E-state index in [2.05, 4.69) is 26.1 Å². The Kier molecular flexibility index (Phi) is 4.55. The number of aromatic amines is 1. The van der Waals surface area contributed by atoms with E-state index < -0.39 is 5.97 Å². The van der Waals surface area contributed by atoms with Crippen LogP contribution in [0.5, 0.6) is 0 Å².